The van der Waals surface area contributed by atoms with E-state index in [2.05, 4.69) is 41.2 Å². The highest BCUT2D eigenvalue weighted by molar-refractivity contribution is 5.72. The molecule has 68 valence electrons. The van der Waals surface area contributed by atoms with Crippen LogP contribution in [0.25, 0.3) is 11.0 Å². The van der Waals surface area contributed by atoms with E-state index in [1.807, 2.05) is 6.07 Å². The molecule has 0 bridgehead atoms. The van der Waals surface area contributed by atoms with Gasteiger partial charge in [-0.2, -0.15) is 0 Å². The maximum absolute atomic E-state index is 4.34. The van der Waals surface area contributed by atoms with Crippen LogP contribution in [0, 0.1) is 0 Å². The third kappa shape index (κ3) is 1.39. The molecule has 4 heteroatoms. The van der Waals surface area contributed by atoms with Crippen molar-refractivity contribution in [3.63, 3.8) is 0 Å². The Morgan fingerprint density at radius 3 is 2.77 bits per heavy atom. The van der Waals surface area contributed by atoms with Crippen LogP contribution < -0.4 is 0 Å². The fraction of sp³-hybridized carbons (Fsp3) is 0.444. The standard InChI is InChI=1S/C9H12N4/c1-9(2,3)8-4-6-7(5-10-8)12-13-11-6/h4-5H,1-3H3,(H,11,12,13). The zero-order valence-electron chi connectivity index (χ0n) is 8.00. The van der Waals surface area contributed by atoms with Gasteiger partial charge in [-0.1, -0.05) is 26.0 Å². The Kier molecular flexibility index (Phi) is 1.58. The zero-order valence-corrected chi connectivity index (χ0v) is 8.00. The Balaban J connectivity index is 2.61. The molecule has 4 nitrogen and oxygen atoms in total. The van der Waals surface area contributed by atoms with Crippen molar-refractivity contribution in [2.45, 2.75) is 26.2 Å². The molecule has 2 rings (SSSR count). The van der Waals surface area contributed by atoms with Gasteiger partial charge in [0, 0.05) is 11.1 Å². The first kappa shape index (κ1) is 8.16. The minimum Gasteiger partial charge on any atom is -0.258 e. The van der Waals surface area contributed by atoms with Gasteiger partial charge in [-0.3, -0.25) is 10.1 Å². The molecule has 1 N–H and O–H groups in total. The summed E-state index contributed by atoms with van der Waals surface area (Å²) in [5, 5.41) is 10.4. The molecule has 0 amide bonds. The van der Waals surface area contributed by atoms with E-state index in [9.17, 15) is 0 Å². The number of aromatic amines is 1. The van der Waals surface area contributed by atoms with E-state index in [0.29, 0.717) is 0 Å². The molecular weight excluding hydrogens is 164 g/mol. The summed E-state index contributed by atoms with van der Waals surface area (Å²) in [6.07, 6.45) is 1.77. The normalized spacial score (nSPS) is 12.2. The number of aromatic nitrogens is 4. The maximum Gasteiger partial charge on any atom is 0.116 e. The van der Waals surface area contributed by atoms with Crippen LogP contribution in [0.15, 0.2) is 12.3 Å². The molecule has 0 aromatic carbocycles. The molecular formula is C9H12N4. The van der Waals surface area contributed by atoms with E-state index in [0.717, 1.165) is 16.7 Å². The lowest BCUT2D eigenvalue weighted by Crippen LogP contribution is -2.12. The Morgan fingerprint density at radius 2 is 2.08 bits per heavy atom. The van der Waals surface area contributed by atoms with Crippen LogP contribution >= 0.6 is 0 Å². The lowest BCUT2D eigenvalue weighted by atomic mass is 9.91. The van der Waals surface area contributed by atoms with E-state index < -0.39 is 0 Å². The summed E-state index contributed by atoms with van der Waals surface area (Å²) >= 11 is 0. The molecule has 0 atom stereocenters. The molecule has 13 heavy (non-hydrogen) atoms. The summed E-state index contributed by atoms with van der Waals surface area (Å²) in [5.74, 6) is 0. The van der Waals surface area contributed by atoms with Gasteiger partial charge in [0.05, 0.1) is 6.20 Å². The van der Waals surface area contributed by atoms with Crippen LogP contribution in [0.2, 0.25) is 0 Å². The van der Waals surface area contributed by atoms with Crippen molar-refractivity contribution in [3.8, 4) is 0 Å². The monoisotopic (exact) mass is 176 g/mol. The molecule has 0 radical (unpaired) electrons. The number of hydrogen-bond donors (Lipinski definition) is 1. The first-order chi connectivity index (χ1) is 6.07. The molecule has 0 fully saturated rings. The second-order valence-corrected chi connectivity index (χ2v) is 4.15. The lowest BCUT2D eigenvalue weighted by molar-refractivity contribution is 0.570. The van der Waals surface area contributed by atoms with E-state index >= 15 is 0 Å². The van der Waals surface area contributed by atoms with Gasteiger partial charge in [0.1, 0.15) is 11.0 Å². The molecule has 2 heterocycles. The molecule has 0 spiro atoms. The molecule has 0 unspecified atom stereocenters. The van der Waals surface area contributed by atoms with Crippen molar-refractivity contribution in [2.24, 2.45) is 0 Å². The number of pyridine rings is 1. The molecule has 0 aliphatic carbocycles. The summed E-state index contributed by atoms with van der Waals surface area (Å²) in [6, 6.07) is 1.97. The van der Waals surface area contributed by atoms with Gasteiger partial charge in [0.2, 0.25) is 0 Å². The summed E-state index contributed by atoms with van der Waals surface area (Å²) in [7, 11) is 0. The fourth-order valence-corrected chi connectivity index (χ4v) is 1.16. The van der Waals surface area contributed by atoms with Gasteiger partial charge in [-0.15, -0.1) is 5.10 Å². The van der Waals surface area contributed by atoms with Crippen LogP contribution in [0.1, 0.15) is 26.5 Å². The Bertz CT molecular complexity index is 424. The zero-order chi connectivity index (χ0) is 9.47. The van der Waals surface area contributed by atoms with E-state index in [-0.39, 0.29) is 5.41 Å². The minimum absolute atomic E-state index is 0.0626. The van der Waals surface area contributed by atoms with E-state index in [1.165, 1.54) is 0 Å². The van der Waals surface area contributed by atoms with Crippen molar-refractivity contribution in [1.29, 1.82) is 0 Å². The van der Waals surface area contributed by atoms with Crippen molar-refractivity contribution in [3.05, 3.63) is 18.0 Å². The number of nitrogens with zero attached hydrogens (tertiary/aromatic N) is 3. The molecule has 0 saturated heterocycles. The van der Waals surface area contributed by atoms with Crippen molar-refractivity contribution in [1.82, 2.24) is 20.4 Å². The largest absolute Gasteiger partial charge is 0.258 e. The van der Waals surface area contributed by atoms with Crippen molar-refractivity contribution < 1.29 is 0 Å². The van der Waals surface area contributed by atoms with E-state index in [4.69, 9.17) is 0 Å². The third-order valence-electron chi connectivity index (χ3n) is 1.98. The Labute approximate surface area is 76.4 Å². The predicted octanol–water partition coefficient (Wildman–Crippen LogP) is 1.65. The third-order valence-corrected chi connectivity index (χ3v) is 1.98. The van der Waals surface area contributed by atoms with Crippen molar-refractivity contribution in [2.75, 3.05) is 0 Å². The highest BCUT2D eigenvalue weighted by atomic mass is 15.3. The van der Waals surface area contributed by atoms with Gasteiger partial charge in [0.15, 0.2) is 0 Å². The second kappa shape index (κ2) is 2.52. The second-order valence-electron chi connectivity index (χ2n) is 4.15. The average Bonchev–Trinajstić information content (AvgIpc) is 2.47. The fourth-order valence-electron chi connectivity index (χ4n) is 1.16. The smallest absolute Gasteiger partial charge is 0.116 e. The van der Waals surface area contributed by atoms with Gasteiger partial charge in [-0.05, 0) is 6.07 Å². The molecule has 0 saturated carbocycles. The molecule has 2 aromatic heterocycles. The van der Waals surface area contributed by atoms with Crippen LogP contribution in [0.5, 0.6) is 0 Å². The summed E-state index contributed by atoms with van der Waals surface area (Å²) in [5.41, 5.74) is 2.86. The van der Waals surface area contributed by atoms with Gasteiger partial charge in [0.25, 0.3) is 0 Å². The maximum atomic E-state index is 4.34. The van der Waals surface area contributed by atoms with Crippen LogP contribution in [0.3, 0.4) is 0 Å². The van der Waals surface area contributed by atoms with Gasteiger partial charge >= 0.3 is 0 Å². The molecule has 0 aliphatic rings. The number of fused-ring (bicyclic) bond motifs is 1. The quantitative estimate of drug-likeness (QED) is 0.664. The number of nitrogens with one attached hydrogen (secondary N) is 1. The highest BCUT2D eigenvalue weighted by Gasteiger charge is 2.15. The minimum atomic E-state index is 0.0626. The summed E-state index contributed by atoms with van der Waals surface area (Å²) in [4.78, 5) is 4.34. The van der Waals surface area contributed by atoms with Gasteiger partial charge < -0.3 is 0 Å². The number of rotatable bonds is 0. The predicted molar refractivity (Wildman–Crippen MR) is 50.4 cm³/mol. The van der Waals surface area contributed by atoms with Crippen LogP contribution in [0.4, 0.5) is 0 Å². The first-order valence-corrected chi connectivity index (χ1v) is 4.25. The Hall–Kier alpha value is -1.45. The number of H-pyrrole nitrogens is 1. The molecule has 0 aliphatic heterocycles. The van der Waals surface area contributed by atoms with Crippen LogP contribution in [-0.2, 0) is 5.41 Å². The number of hydrogen-bond acceptors (Lipinski definition) is 3. The first-order valence-electron chi connectivity index (χ1n) is 4.25. The van der Waals surface area contributed by atoms with Gasteiger partial charge in [-0.25, -0.2) is 0 Å². The summed E-state index contributed by atoms with van der Waals surface area (Å²) < 4.78 is 0. The summed E-state index contributed by atoms with van der Waals surface area (Å²) in [6.45, 7) is 6.38. The topological polar surface area (TPSA) is 54.5 Å². The SMILES string of the molecule is CC(C)(C)c1cc2nn[nH]c2cn1. The molecule has 2 aromatic rings. The van der Waals surface area contributed by atoms with Crippen molar-refractivity contribution >= 4 is 11.0 Å². The highest BCUT2D eigenvalue weighted by Crippen LogP contribution is 2.21. The lowest BCUT2D eigenvalue weighted by Gasteiger charge is -2.16. The average molecular weight is 176 g/mol. The van der Waals surface area contributed by atoms with Crippen LogP contribution in [-0.4, -0.2) is 20.4 Å². The van der Waals surface area contributed by atoms with E-state index in [1.54, 1.807) is 6.20 Å². The Morgan fingerprint density at radius 1 is 1.31 bits per heavy atom.